The molecule has 3 unspecified atom stereocenters. The second kappa shape index (κ2) is 7.73. The van der Waals surface area contributed by atoms with Gasteiger partial charge in [0, 0.05) is 18.6 Å². The van der Waals surface area contributed by atoms with E-state index in [0.29, 0.717) is 32.2 Å². The van der Waals surface area contributed by atoms with Gasteiger partial charge in [0.1, 0.15) is 12.6 Å². The molecule has 4 amide bonds. The van der Waals surface area contributed by atoms with E-state index in [2.05, 4.69) is 5.32 Å². The molecule has 1 aromatic carbocycles. The van der Waals surface area contributed by atoms with Crippen LogP contribution in [0.5, 0.6) is 0 Å². The molecule has 2 bridgehead atoms. The second-order valence-corrected chi connectivity index (χ2v) is 7.71. The van der Waals surface area contributed by atoms with Crippen LogP contribution in [0, 0.1) is 5.92 Å². The first kappa shape index (κ1) is 19.2. The molecule has 3 aliphatic rings. The van der Waals surface area contributed by atoms with Crippen LogP contribution in [0.25, 0.3) is 0 Å². The Labute approximate surface area is 167 Å². The summed E-state index contributed by atoms with van der Waals surface area (Å²) in [6.07, 6.45) is 0.144. The molecule has 1 saturated carbocycles. The van der Waals surface area contributed by atoms with Crippen molar-refractivity contribution in [1.82, 2.24) is 15.1 Å². The minimum Gasteiger partial charge on any atom is -0.465 e. The summed E-state index contributed by atoms with van der Waals surface area (Å²) in [4.78, 5) is 51.3. The lowest BCUT2D eigenvalue weighted by molar-refractivity contribution is -0.135. The van der Waals surface area contributed by atoms with E-state index in [-0.39, 0.29) is 24.6 Å². The Balaban J connectivity index is 1.34. The number of carbonyl (C=O) groups excluding carboxylic acids is 3. The van der Waals surface area contributed by atoms with Gasteiger partial charge in [0.25, 0.3) is 0 Å². The lowest BCUT2D eigenvalue weighted by atomic mass is 9.84. The van der Waals surface area contributed by atoms with Gasteiger partial charge in [-0.1, -0.05) is 30.3 Å². The average Bonchev–Trinajstić information content (AvgIpc) is 3.19. The summed E-state index contributed by atoms with van der Waals surface area (Å²) in [6.45, 7) is 0.539. The summed E-state index contributed by atoms with van der Waals surface area (Å²) in [5.41, 5.74) is 0.849. The van der Waals surface area contributed by atoms with Gasteiger partial charge in [0.05, 0.1) is 5.92 Å². The van der Waals surface area contributed by atoms with E-state index in [9.17, 15) is 24.3 Å². The van der Waals surface area contributed by atoms with Crippen LogP contribution in [0.15, 0.2) is 30.3 Å². The number of carboxylic acid groups (broad SMARTS) is 1. The standard InChI is InChI=1S/C20H23N3O6/c24-17-14-10-13(23(17)20(27)28)6-7-16(14)22-9-8-15(18(22)25)21-19(26)29-11-12-4-2-1-3-5-12/h1-5,13-16H,6-11H2,(H,21,26)(H,27,28)/t13?,14?,15-,16?/m0/s1. The fraction of sp³-hybridized carbons (Fsp3) is 0.500. The number of hydrogen-bond donors (Lipinski definition) is 2. The summed E-state index contributed by atoms with van der Waals surface area (Å²) < 4.78 is 5.18. The van der Waals surface area contributed by atoms with Crippen LogP contribution in [0.2, 0.25) is 0 Å². The molecule has 1 aromatic rings. The van der Waals surface area contributed by atoms with Crippen LogP contribution in [0.1, 0.15) is 31.2 Å². The van der Waals surface area contributed by atoms with Crippen molar-refractivity contribution in [2.45, 2.75) is 50.4 Å². The number of ether oxygens (including phenoxy) is 1. The summed E-state index contributed by atoms with van der Waals surface area (Å²) in [7, 11) is 0. The molecule has 2 N–H and O–H groups in total. The van der Waals surface area contributed by atoms with Crippen LogP contribution < -0.4 is 5.32 Å². The van der Waals surface area contributed by atoms with Crippen molar-refractivity contribution < 1.29 is 29.0 Å². The first-order valence-electron chi connectivity index (χ1n) is 9.79. The predicted molar refractivity (Wildman–Crippen MR) is 99.7 cm³/mol. The number of imide groups is 1. The Morgan fingerprint density at radius 1 is 1.10 bits per heavy atom. The normalized spacial score (nSPS) is 28.6. The number of carbonyl (C=O) groups is 4. The van der Waals surface area contributed by atoms with Gasteiger partial charge >= 0.3 is 12.2 Å². The quantitative estimate of drug-likeness (QED) is 0.791. The zero-order chi connectivity index (χ0) is 20.5. The lowest BCUT2D eigenvalue weighted by Gasteiger charge is -2.34. The van der Waals surface area contributed by atoms with Crippen molar-refractivity contribution in [3.05, 3.63) is 35.9 Å². The Morgan fingerprint density at radius 3 is 2.59 bits per heavy atom. The fourth-order valence-electron chi connectivity index (χ4n) is 4.69. The Hall–Kier alpha value is -3.10. The van der Waals surface area contributed by atoms with Gasteiger partial charge in [0.15, 0.2) is 0 Å². The number of hydrogen-bond acceptors (Lipinski definition) is 5. The molecule has 3 fully saturated rings. The van der Waals surface area contributed by atoms with Crippen molar-refractivity contribution >= 4 is 24.0 Å². The Morgan fingerprint density at radius 2 is 1.86 bits per heavy atom. The third kappa shape index (κ3) is 3.64. The molecule has 9 nitrogen and oxygen atoms in total. The highest BCUT2D eigenvalue weighted by Gasteiger charge is 2.53. The van der Waals surface area contributed by atoms with Gasteiger partial charge in [0.2, 0.25) is 11.8 Å². The average molecular weight is 401 g/mol. The van der Waals surface area contributed by atoms with Crippen LogP contribution in [0.4, 0.5) is 9.59 Å². The first-order valence-corrected chi connectivity index (χ1v) is 9.79. The maximum atomic E-state index is 12.8. The van der Waals surface area contributed by atoms with Crippen molar-refractivity contribution in [3.8, 4) is 0 Å². The highest BCUT2D eigenvalue weighted by Crippen LogP contribution is 2.40. The largest absolute Gasteiger partial charge is 0.465 e. The number of alkyl carbamates (subject to hydrolysis) is 1. The summed E-state index contributed by atoms with van der Waals surface area (Å²) in [5, 5.41) is 11.9. The molecule has 0 radical (unpaired) electrons. The lowest BCUT2D eigenvalue weighted by Crippen LogP contribution is -2.48. The Kier molecular flexibility index (Phi) is 5.12. The molecule has 1 aliphatic carbocycles. The third-order valence-corrected chi connectivity index (χ3v) is 6.06. The molecule has 29 heavy (non-hydrogen) atoms. The summed E-state index contributed by atoms with van der Waals surface area (Å²) in [6, 6.07) is 7.94. The van der Waals surface area contributed by atoms with Crippen LogP contribution in [0.3, 0.4) is 0 Å². The fourth-order valence-corrected chi connectivity index (χ4v) is 4.69. The van der Waals surface area contributed by atoms with Gasteiger partial charge < -0.3 is 20.1 Å². The maximum Gasteiger partial charge on any atom is 0.414 e. The van der Waals surface area contributed by atoms with Crippen LogP contribution >= 0.6 is 0 Å². The van der Waals surface area contributed by atoms with Crippen molar-refractivity contribution in [2.75, 3.05) is 6.54 Å². The Bertz CT molecular complexity index is 829. The number of rotatable bonds is 4. The minimum atomic E-state index is -1.23. The van der Waals surface area contributed by atoms with E-state index in [0.717, 1.165) is 10.5 Å². The highest BCUT2D eigenvalue weighted by molar-refractivity contribution is 5.96. The summed E-state index contributed by atoms with van der Waals surface area (Å²) >= 11 is 0. The molecule has 4 rings (SSSR count). The molecule has 0 spiro atoms. The molecule has 9 heteroatoms. The number of nitrogens with zero attached hydrogens (tertiary/aromatic N) is 2. The van der Waals surface area contributed by atoms with E-state index < -0.39 is 30.1 Å². The number of nitrogens with one attached hydrogen (secondary N) is 1. The van der Waals surface area contributed by atoms with Crippen LogP contribution in [-0.2, 0) is 20.9 Å². The molecule has 2 saturated heterocycles. The molecule has 4 atom stereocenters. The first-order chi connectivity index (χ1) is 14.0. The molecule has 2 aliphatic heterocycles. The molecule has 2 heterocycles. The van der Waals surface area contributed by atoms with E-state index >= 15 is 0 Å². The topological polar surface area (TPSA) is 116 Å². The van der Waals surface area contributed by atoms with Gasteiger partial charge in [-0.25, -0.2) is 14.5 Å². The highest BCUT2D eigenvalue weighted by atomic mass is 16.5. The zero-order valence-corrected chi connectivity index (χ0v) is 15.8. The number of amides is 4. The summed E-state index contributed by atoms with van der Waals surface area (Å²) in [5.74, 6) is -1.15. The molecular formula is C20H23N3O6. The number of likely N-dealkylation sites (tertiary alicyclic amines) is 2. The van der Waals surface area contributed by atoms with Gasteiger partial charge in [-0.2, -0.15) is 0 Å². The molecular weight excluding hydrogens is 378 g/mol. The van der Waals surface area contributed by atoms with Crippen molar-refractivity contribution in [1.29, 1.82) is 0 Å². The smallest absolute Gasteiger partial charge is 0.414 e. The minimum absolute atomic E-state index is 0.114. The van der Waals surface area contributed by atoms with Gasteiger partial charge in [-0.3, -0.25) is 9.59 Å². The maximum absolute atomic E-state index is 12.8. The predicted octanol–water partition coefficient (Wildman–Crippen LogP) is 1.57. The SMILES string of the molecule is O=C(N[C@H]1CCN(C2CCC3CC2C(=O)N3C(=O)O)C1=O)OCc1ccccc1. The van der Waals surface area contributed by atoms with Crippen LogP contribution in [-0.4, -0.2) is 63.6 Å². The van der Waals surface area contributed by atoms with Gasteiger partial charge in [-0.05, 0) is 31.2 Å². The van der Waals surface area contributed by atoms with Crippen molar-refractivity contribution in [2.24, 2.45) is 5.92 Å². The zero-order valence-electron chi connectivity index (χ0n) is 15.8. The van der Waals surface area contributed by atoms with Crippen molar-refractivity contribution in [3.63, 3.8) is 0 Å². The molecule has 0 aromatic heterocycles. The van der Waals surface area contributed by atoms with E-state index in [4.69, 9.17) is 4.74 Å². The van der Waals surface area contributed by atoms with E-state index in [1.165, 1.54) is 0 Å². The second-order valence-electron chi connectivity index (χ2n) is 7.71. The monoisotopic (exact) mass is 401 g/mol. The van der Waals surface area contributed by atoms with E-state index in [1.807, 2.05) is 30.3 Å². The third-order valence-electron chi connectivity index (χ3n) is 6.06. The van der Waals surface area contributed by atoms with E-state index in [1.54, 1.807) is 4.90 Å². The van der Waals surface area contributed by atoms with Gasteiger partial charge in [-0.15, -0.1) is 0 Å². The number of benzene rings is 1. The number of fused-ring (bicyclic) bond motifs is 2. The molecule has 154 valence electrons.